The predicted octanol–water partition coefficient (Wildman–Crippen LogP) is 13.1. The van der Waals surface area contributed by atoms with Gasteiger partial charge in [0.05, 0.1) is 6.61 Å². The number of hydrogen-bond acceptors (Lipinski definition) is 2. The smallest absolute Gasteiger partial charge is 0.321 e. The molecular formula is C35H73O3PS. The van der Waals surface area contributed by atoms with Crippen LogP contribution in [0.3, 0.4) is 0 Å². The molecule has 0 saturated heterocycles. The van der Waals surface area contributed by atoms with E-state index in [4.69, 9.17) is 14.3 Å². The van der Waals surface area contributed by atoms with E-state index in [0.29, 0.717) is 6.61 Å². The van der Waals surface area contributed by atoms with Crippen LogP contribution < -0.4 is 0 Å². The normalized spacial score (nSPS) is 12.0. The minimum absolute atomic E-state index is 0.379. The second-order valence-electron chi connectivity index (χ2n) is 12.6. The zero-order chi connectivity index (χ0) is 29.2. The van der Waals surface area contributed by atoms with Crippen molar-refractivity contribution in [3.05, 3.63) is 0 Å². The maximum Gasteiger partial charge on any atom is 0.321 e. The molecule has 0 aromatic rings. The summed E-state index contributed by atoms with van der Waals surface area (Å²) in [4.78, 5) is 18.0. The van der Waals surface area contributed by atoms with Gasteiger partial charge in [-0.3, -0.25) is 0 Å². The molecule has 0 unspecified atom stereocenters. The van der Waals surface area contributed by atoms with Crippen molar-refractivity contribution < 1.29 is 14.3 Å². The molecule has 0 fully saturated rings. The summed E-state index contributed by atoms with van der Waals surface area (Å²) >= 11 is 4.44. The largest absolute Gasteiger partial charge is 0.325 e. The van der Waals surface area contributed by atoms with Crippen LogP contribution in [0.5, 0.6) is 0 Å². The summed E-state index contributed by atoms with van der Waals surface area (Å²) in [5, 5.41) is 0. The van der Waals surface area contributed by atoms with Crippen LogP contribution >= 0.6 is 6.72 Å². The molecule has 0 saturated carbocycles. The molecule has 0 rings (SSSR count). The summed E-state index contributed by atoms with van der Waals surface area (Å²) in [5.41, 5.74) is 0. The van der Waals surface area contributed by atoms with Crippen molar-refractivity contribution in [1.29, 1.82) is 0 Å². The van der Waals surface area contributed by atoms with Gasteiger partial charge < -0.3 is 14.3 Å². The van der Waals surface area contributed by atoms with E-state index in [1.165, 1.54) is 199 Å². The molecular weight excluding hydrogens is 531 g/mol. The first kappa shape index (κ1) is 40.5. The first-order valence-electron chi connectivity index (χ1n) is 18.3. The van der Waals surface area contributed by atoms with Crippen molar-refractivity contribution in [2.75, 3.05) is 6.61 Å². The molecule has 0 amide bonds. The standard InChI is InChI=1S/C35H73O3PS/c1-2-3-4-5-6-7-8-9-10-11-12-13-14-15-16-17-18-19-20-21-22-23-24-25-26-27-28-29-30-31-32-33-34-35-38-39(36,37)40/h2-35H2,1H3,(H2,36,37,40). The number of unbranched alkanes of at least 4 members (excludes halogenated alkanes) is 32. The van der Waals surface area contributed by atoms with Crippen LogP contribution in [0, 0.1) is 0 Å². The molecule has 0 aromatic carbocycles. The zero-order valence-electron chi connectivity index (χ0n) is 27.2. The monoisotopic (exact) mass is 605 g/mol. The van der Waals surface area contributed by atoms with Crippen molar-refractivity contribution in [3.8, 4) is 0 Å². The predicted molar refractivity (Wildman–Crippen MR) is 183 cm³/mol. The molecule has 40 heavy (non-hydrogen) atoms. The highest BCUT2D eigenvalue weighted by Gasteiger charge is 2.06. The Labute approximate surface area is 257 Å². The molecule has 0 spiro atoms. The first-order chi connectivity index (χ1) is 19.6. The van der Waals surface area contributed by atoms with Gasteiger partial charge in [-0.1, -0.05) is 212 Å². The Bertz CT molecular complexity index is 511. The van der Waals surface area contributed by atoms with E-state index >= 15 is 0 Å². The molecule has 2 N–H and O–H groups in total. The lowest BCUT2D eigenvalue weighted by Crippen LogP contribution is -1.92. The SMILES string of the molecule is CCCCCCCCCCCCCCCCCCCCCCCCCCCCCCCCCCCOP(O)(O)=S. The molecule has 0 aliphatic carbocycles. The van der Waals surface area contributed by atoms with E-state index in [1.54, 1.807) is 0 Å². The fourth-order valence-corrected chi connectivity index (χ4v) is 6.43. The molecule has 0 atom stereocenters. The third kappa shape index (κ3) is 38.5. The molecule has 0 bridgehead atoms. The summed E-state index contributed by atoms with van der Waals surface area (Å²) in [7, 11) is 0. The van der Waals surface area contributed by atoms with E-state index in [1.807, 2.05) is 0 Å². The molecule has 242 valence electrons. The van der Waals surface area contributed by atoms with Gasteiger partial charge in [-0.05, 0) is 18.2 Å². The van der Waals surface area contributed by atoms with E-state index in [2.05, 4.69) is 18.7 Å². The maximum atomic E-state index is 9.00. The van der Waals surface area contributed by atoms with Crippen LogP contribution in [0.4, 0.5) is 0 Å². The van der Waals surface area contributed by atoms with Gasteiger partial charge >= 0.3 is 6.72 Å². The summed E-state index contributed by atoms with van der Waals surface area (Å²) in [6.07, 6.45) is 46.5. The molecule has 0 aliphatic heterocycles. The van der Waals surface area contributed by atoms with Gasteiger partial charge in [0, 0.05) is 0 Å². The van der Waals surface area contributed by atoms with Gasteiger partial charge in [0.15, 0.2) is 0 Å². The van der Waals surface area contributed by atoms with Gasteiger partial charge in [-0.25, -0.2) is 0 Å². The lowest BCUT2D eigenvalue weighted by Gasteiger charge is -2.07. The van der Waals surface area contributed by atoms with Crippen molar-refractivity contribution in [2.24, 2.45) is 0 Å². The summed E-state index contributed by atoms with van der Waals surface area (Å²) in [6.45, 7) is -0.756. The Morgan fingerprint density at radius 3 is 0.700 bits per heavy atom. The summed E-state index contributed by atoms with van der Waals surface area (Å²) < 4.78 is 4.83. The third-order valence-corrected chi connectivity index (χ3v) is 9.34. The van der Waals surface area contributed by atoms with Gasteiger partial charge in [-0.2, -0.15) is 0 Å². The van der Waals surface area contributed by atoms with Crippen LogP contribution in [-0.4, -0.2) is 16.4 Å². The van der Waals surface area contributed by atoms with Gasteiger partial charge in [0.2, 0.25) is 0 Å². The first-order valence-corrected chi connectivity index (χ1v) is 20.9. The van der Waals surface area contributed by atoms with Gasteiger partial charge in [-0.15, -0.1) is 0 Å². The number of hydrogen-bond donors (Lipinski definition) is 2. The third-order valence-electron chi connectivity index (χ3n) is 8.51. The van der Waals surface area contributed by atoms with Crippen molar-refractivity contribution >= 4 is 18.5 Å². The van der Waals surface area contributed by atoms with Crippen LogP contribution in [0.2, 0.25) is 0 Å². The molecule has 5 heteroatoms. The molecule has 0 aliphatic rings. The topological polar surface area (TPSA) is 49.7 Å². The Morgan fingerprint density at radius 1 is 0.350 bits per heavy atom. The highest BCUT2D eigenvalue weighted by Crippen LogP contribution is 2.36. The van der Waals surface area contributed by atoms with Crippen LogP contribution in [0.1, 0.15) is 219 Å². The molecule has 0 heterocycles. The van der Waals surface area contributed by atoms with Crippen molar-refractivity contribution in [1.82, 2.24) is 0 Å². The molecule has 0 radical (unpaired) electrons. The minimum Gasteiger partial charge on any atom is -0.325 e. The van der Waals surface area contributed by atoms with E-state index < -0.39 is 6.72 Å². The average Bonchev–Trinajstić information content (AvgIpc) is 2.92. The Hall–Kier alpha value is 0.530. The lowest BCUT2D eigenvalue weighted by molar-refractivity contribution is 0.245. The fraction of sp³-hybridized carbons (Fsp3) is 1.00. The lowest BCUT2D eigenvalue weighted by atomic mass is 10.0. The second-order valence-corrected chi connectivity index (χ2v) is 15.3. The van der Waals surface area contributed by atoms with E-state index in [-0.39, 0.29) is 0 Å². The van der Waals surface area contributed by atoms with E-state index in [0.717, 1.165) is 12.8 Å². The zero-order valence-corrected chi connectivity index (χ0v) is 28.9. The van der Waals surface area contributed by atoms with Crippen molar-refractivity contribution in [3.63, 3.8) is 0 Å². The van der Waals surface area contributed by atoms with Crippen LogP contribution in [0.15, 0.2) is 0 Å². The minimum atomic E-state index is -3.44. The van der Waals surface area contributed by atoms with Crippen molar-refractivity contribution in [2.45, 2.75) is 219 Å². The van der Waals surface area contributed by atoms with Gasteiger partial charge in [0.25, 0.3) is 0 Å². The summed E-state index contributed by atoms with van der Waals surface area (Å²) in [6, 6.07) is 0. The maximum absolute atomic E-state index is 9.00. The van der Waals surface area contributed by atoms with E-state index in [9.17, 15) is 0 Å². The quantitative estimate of drug-likeness (QED) is 0.0558. The Morgan fingerprint density at radius 2 is 0.525 bits per heavy atom. The molecule has 0 aromatic heterocycles. The van der Waals surface area contributed by atoms with Gasteiger partial charge in [0.1, 0.15) is 0 Å². The average molecular weight is 605 g/mol. The Balaban J connectivity index is 3.04. The fourth-order valence-electron chi connectivity index (χ4n) is 5.84. The summed E-state index contributed by atoms with van der Waals surface area (Å²) in [5.74, 6) is 0. The Kier molecular flexibility index (Phi) is 34.5. The highest BCUT2D eigenvalue weighted by atomic mass is 32.5. The second kappa shape index (κ2) is 34.0. The molecule has 3 nitrogen and oxygen atoms in total. The number of rotatable bonds is 35. The van der Waals surface area contributed by atoms with Crippen LogP contribution in [-0.2, 0) is 16.3 Å². The van der Waals surface area contributed by atoms with Crippen LogP contribution in [0.25, 0.3) is 0 Å². The highest BCUT2D eigenvalue weighted by molar-refractivity contribution is 8.06.